The topological polar surface area (TPSA) is 39.0 Å². The number of benzene rings is 1. The van der Waals surface area contributed by atoms with E-state index < -0.39 is 0 Å². The Morgan fingerprint density at radius 2 is 1.73 bits per heavy atom. The maximum atomic E-state index is 11.6. The van der Waals surface area contributed by atoms with E-state index in [1.165, 1.54) is 6.21 Å². The van der Waals surface area contributed by atoms with Crippen molar-refractivity contribution in [3.05, 3.63) is 65.6 Å². The normalized spacial score (nSPS) is 11.3. The van der Waals surface area contributed by atoms with Gasteiger partial charge in [0.2, 0.25) is 11.9 Å². The van der Waals surface area contributed by atoms with Crippen LogP contribution in [0.3, 0.4) is 0 Å². The predicted octanol–water partition coefficient (Wildman–Crippen LogP) is 2.34. The number of hydrogen-bond acceptors (Lipinski definition) is 2. The first-order valence-corrected chi connectivity index (χ1v) is 4.63. The number of hydrogen-bond donors (Lipinski definition) is 0. The van der Waals surface area contributed by atoms with E-state index in [1.54, 1.807) is 24.4 Å². The van der Waals surface area contributed by atoms with E-state index in [1.807, 2.05) is 30.3 Å². The van der Waals surface area contributed by atoms with E-state index in [0.29, 0.717) is 11.4 Å². The lowest BCUT2D eigenvalue weighted by atomic mass is 10.3. The molecule has 0 bridgehead atoms. The van der Waals surface area contributed by atoms with Crippen LogP contribution < -0.4 is 0 Å². The molecule has 0 spiro atoms. The number of nitrogens with zero attached hydrogens (tertiary/aromatic N) is 2. The summed E-state index contributed by atoms with van der Waals surface area (Å²) in [6.07, 6.45) is 3.11. The molecule has 0 unspecified atom stereocenters. The Kier molecular flexibility index (Phi) is 2.74. The van der Waals surface area contributed by atoms with Crippen molar-refractivity contribution in [3.63, 3.8) is 0 Å². The quantitative estimate of drug-likeness (QED) is 0.321. The van der Waals surface area contributed by atoms with Crippen LogP contribution in [0.2, 0.25) is 0 Å². The minimum absolute atomic E-state index is 0.600. The molecule has 0 aliphatic rings. The standard InChI is InChI=1S/C12H10N2O/c15-14(12-7-2-1-3-8-12)10-11-6-4-5-9-13-11/h1-10H/b14-10+. The molecular formula is C12H10N2O. The molecule has 0 aliphatic heterocycles. The third-order valence-electron chi connectivity index (χ3n) is 1.95. The van der Waals surface area contributed by atoms with Crippen molar-refractivity contribution in [1.29, 1.82) is 0 Å². The van der Waals surface area contributed by atoms with Gasteiger partial charge in [-0.1, -0.05) is 24.3 Å². The summed E-state index contributed by atoms with van der Waals surface area (Å²) in [6, 6.07) is 14.5. The number of aromatic nitrogens is 1. The monoisotopic (exact) mass is 198 g/mol. The molecule has 74 valence electrons. The van der Waals surface area contributed by atoms with E-state index in [0.717, 1.165) is 4.74 Å². The summed E-state index contributed by atoms with van der Waals surface area (Å²) in [6.45, 7) is 0. The lowest BCUT2D eigenvalue weighted by Gasteiger charge is -2.01. The Morgan fingerprint density at radius 3 is 2.40 bits per heavy atom. The van der Waals surface area contributed by atoms with Gasteiger partial charge in [-0.3, -0.25) is 4.98 Å². The highest BCUT2D eigenvalue weighted by molar-refractivity contribution is 5.73. The molecule has 1 aromatic heterocycles. The molecule has 0 amide bonds. The molecule has 15 heavy (non-hydrogen) atoms. The molecule has 0 N–H and O–H groups in total. The summed E-state index contributed by atoms with van der Waals surface area (Å²) in [5.74, 6) is 0. The van der Waals surface area contributed by atoms with Crippen molar-refractivity contribution < 1.29 is 4.74 Å². The van der Waals surface area contributed by atoms with Crippen molar-refractivity contribution in [2.45, 2.75) is 0 Å². The summed E-state index contributed by atoms with van der Waals surface area (Å²) < 4.78 is 0.808. The van der Waals surface area contributed by atoms with Gasteiger partial charge in [-0.15, -0.1) is 0 Å². The van der Waals surface area contributed by atoms with Gasteiger partial charge in [-0.2, -0.15) is 4.74 Å². The van der Waals surface area contributed by atoms with Crippen LogP contribution in [0.1, 0.15) is 5.69 Å². The first-order chi connectivity index (χ1) is 7.36. The Balaban J connectivity index is 2.29. The van der Waals surface area contributed by atoms with Gasteiger partial charge in [0.1, 0.15) is 5.69 Å². The molecule has 0 aliphatic carbocycles. The highest BCUT2D eigenvalue weighted by atomic mass is 16.5. The molecule has 2 rings (SSSR count). The first kappa shape index (κ1) is 9.40. The van der Waals surface area contributed by atoms with Crippen LogP contribution in [0.5, 0.6) is 0 Å². The predicted molar refractivity (Wildman–Crippen MR) is 59.1 cm³/mol. The maximum Gasteiger partial charge on any atom is 0.216 e. The fourth-order valence-corrected chi connectivity index (χ4v) is 1.22. The van der Waals surface area contributed by atoms with E-state index >= 15 is 0 Å². The third-order valence-corrected chi connectivity index (χ3v) is 1.95. The fraction of sp³-hybridized carbons (Fsp3) is 0. The van der Waals surface area contributed by atoms with Crippen molar-refractivity contribution in [1.82, 2.24) is 4.98 Å². The lowest BCUT2D eigenvalue weighted by molar-refractivity contribution is -0.354. The van der Waals surface area contributed by atoms with Gasteiger partial charge in [-0.05, 0) is 12.1 Å². The first-order valence-electron chi connectivity index (χ1n) is 4.63. The molecule has 0 saturated carbocycles. The molecular weight excluding hydrogens is 188 g/mol. The molecule has 1 heterocycles. The second-order valence-electron chi connectivity index (χ2n) is 3.05. The molecule has 2 aromatic rings. The molecule has 0 saturated heterocycles. The molecule has 1 aromatic carbocycles. The van der Waals surface area contributed by atoms with Crippen molar-refractivity contribution in [3.8, 4) is 0 Å². The van der Waals surface area contributed by atoms with E-state index in [9.17, 15) is 5.21 Å². The van der Waals surface area contributed by atoms with Crippen LogP contribution in [0, 0.1) is 5.21 Å². The second-order valence-corrected chi connectivity index (χ2v) is 3.05. The fourth-order valence-electron chi connectivity index (χ4n) is 1.22. The Morgan fingerprint density at radius 1 is 1.00 bits per heavy atom. The Hall–Kier alpha value is -2.16. The summed E-state index contributed by atoms with van der Waals surface area (Å²) in [5.41, 5.74) is 1.25. The summed E-state index contributed by atoms with van der Waals surface area (Å²) in [4.78, 5) is 4.05. The number of pyridine rings is 1. The third kappa shape index (κ3) is 2.40. The van der Waals surface area contributed by atoms with Crippen molar-refractivity contribution in [2.24, 2.45) is 0 Å². The zero-order valence-electron chi connectivity index (χ0n) is 8.08. The zero-order chi connectivity index (χ0) is 10.5. The minimum Gasteiger partial charge on any atom is -0.618 e. The van der Waals surface area contributed by atoms with Crippen LogP contribution in [0.15, 0.2) is 54.7 Å². The zero-order valence-corrected chi connectivity index (χ0v) is 8.08. The number of rotatable bonds is 2. The van der Waals surface area contributed by atoms with Crippen LogP contribution in [-0.2, 0) is 0 Å². The molecule has 0 atom stereocenters. The second kappa shape index (κ2) is 4.37. The molecule has 3 heteroatoms. The van der Waals surface area contributed by atoms with Crippen LogP contribution >= 0.6 is 0 Å². The van der Waals surface area contributed by atoms with Crippen LogP contribution in [0.25, 0.3) is 0 Å². The van der Waals surface area contributed by atoms with Gasteiger partial charge in [-0.25, -0.2) is 0 Å². The van der Waals surface area contributed by atoms with E-state index in [4.69, 9.17) is 0 Å². The molecule has 3 nitrogen and oxygen atoms in total. The van der Waals surface area contributed by atoms with Gasteiger partial charge in [0.05, 0.1) is 0 Å². The van der Waals surface area contributed by atoms with Gasteiger partial charge in [0.15, 0.2) is 0 Å². The minimum atomic E-state index is 0.600. The average Bonchev–Trinajstić information content (AvgIpc) is 2.31. The smallest absolute Gasteiger partial charge is 0.216 e. The van der Waals surface area contributed by atoms with E-state index in [-0.39, 0.29) is 0 Å². The van der Waals surface area contributed by atoms with Crippen LogP contribution in [-0.4, -0.2) is 15.9 Å². The van der Waals surface area contributed by atoms with Gasteiger partial charge in [0.25, 0.3) is 0 Å². The summed E-state index contributed by atoms with van der Waals surface area (Å²) in [7, 11) is 0. The van der Waals surface area contributed by atoms with Gasteiger partial charge in [0, 0.05) is 18.3 Å². The highest BCUT2D eigenvalue weighted by Gasteiger charge is 1.99. The maximum absolute atomic E-state index is 11.6. The van der Waals surface area contributed by atoms with Crippen molar-refractivity contribution >= 4 is 11.9 Å². The highest BCUT2D eigenvalue weighted by Crippen LogP contribution is 2.08. The Labute approximate surface area is 87.9 Å². The number of para-hydroxylation sites is 1. The van der Waals surface area contributed by atoms with Gasteiger partial charge < -0.3 is 5.21 Å². The largest absolute Gasteiger partial charge is 0.618 e. The summed E-state index contributed by atoms with van der Waals surface area (Å²) >= 11 is 0. The SMILES string of the molecule is [O-]/[N+](=C/c1ccccn1)c1ccccc1. The molecule has 0 fully saturated rings. The summed E-state index contributed by atoms with van der Waals surface area (Å²) in [5, 5.41) is 11.6. The molecule has 0 radical (unpaired) electrons. The lowest BCUT2D eigenvalue weighted by Crippen LogP contribution is -1.99. The van der Waals surface area contributed by atoms with Gasteiger partial charge >= 0.3 is 0 Å². The van der Waals surface area contributed by atoms with Crippen LogP contribution in [0.4, 0.5) is 5.69 Å². The van der Waals surface area contributed by atoms with Crippen molar-refractivity contribution in [2.75, 3.05) is 0 Å². The van der Waals surface area contributed by atoms with E-state index in [2.05, 4.69) is 4.98 Å². The average molecular weight is 198 g/mol. The Bertz CT molecular complexity index is 452.